The number of allylic oxidation sites excluding steroid dienone is 4. The van der Waals surface area contributed by atoms with Gasteiger partial charge in [0.15, 0.2) is 17.5 Å². The Balaban J connectivity index is 1.07. The molecule has 264 valence electrons. The van der Waals surface area contributed by atoms with Crippen LogP contribution in [0.4, 0.5) is 0 Å². The molecule has 0 fully saturated rings. The van der Waals surface area contributed by atoms with E-state index in [-0.39, 0.29) is 11.3 Å². The molecule has 9 aromatic rings. The van der Waals surface area contributed by atoms with E-state index in [0.717, 1.165) is 44.2 Å². The Kier molecular flexibility index (Phi) is 6.48. The summed E-state index contributed by atoms with van der Waals surface area (Å²) in [7, 11) is 0. The molecule has 4 heteroatoms. The molecule has 0 amide bonds. The fourth-order valence-corrected chi connectivity index (χ4v) is 10.0. The summed E-state index contributed by atoms with van der Waals surface area (Å²) in [5.74, 6) is 2.58. The minimum Gasteiger partial charge on any atom is -0.456 e. The molecular weight excluding hydrogens is 683 g/mol. The van der Waals surface area contributed by atoms with Crippen molar-refractivity contribution >= 4 is 32.7 Å². The summed E-state index contributed by atoms with van der Waals surface area (Å²) in [5.41, 5.74) is 14.7. The summed E-state index contributed by atoms with van der Waals surface area (Å²) in [4.78, 5) is 15.8. The van der Waals surface area contributed by atoms with Crippen LogP contribution in [0.15, 0.2) is 168 Å². The van der Waals surface area contributed by atoms with Crippen molar-refractivity contribution in [1.29, 1.82) is 0 Å². The van der Waals surface area contributed by atoms with Gasteiger partial charge in [-0.05, 0) is 84.8 Å². The van der Waals surface area contributed by atoms with Crippen LogP contribution in [0.1, 0.15) is 30.9 Å². The Bertz CT molecular complexity index is 3160. The van der Waals surface area contributed by atoms with Crippen LogP contribution in [0.5, 0.6) is 0 Å². The second-order valence-electron chi connectivity index (χ2n) is 15.9. The molecule has 2 heterocycles. The topological polar surface area (TPSA) is 51.8 Å². The third-order valence-corrected chi connectivity index (χ3v) is 12.6. The van der Waals surface area contributed by atoms with Crippen molar-refractivity contribution in [3.63, 3.8) is 0 Å². The minimum atomic E-state index is -0.0245. The fraction of sp³-hybridized carbons (Fsp3) is 0.0962. The standard InChI is InChI=1S/C52H35N3O/c1-52(2)42-22-9-8-17-38(42)47-39(20-11-23-43(47)52)50-53-49(30-13-4-3-5-14-30)54-51(55-50)40-21-12-24-45-48(40)41-29-31(25-28-44(41)56-45)32-26-27-37-34-16-7-6-15-33(34)36-19-10-18-35(32)46(36)37/h3-29,38,42H,1-2H3. The average Bonchev–Trinajstić information content (AvgIpc) is 3.87. The van der Waals surface area contributed by atoms with Gasteiger partial charge >= 0.3 is 0 Å². The Hall–Kier alpha value is -6.91. The summed E-state index contributed by atoms with van der Waals surface area (Å²) in [6.45, 7) is 4.72. The molecule has 2 atom stereocenters. The largest absolute Gasteiger partial charge is 0.456 e. The van der Waals surface area contributed by atoms with E-state index in [9.17, 15) is 0 Å². The number of furan rings is 1. The zero-order chi connectivity index (χ0) is 37.1. The van der Waals surface area contributed by atoms with Crippen molar-refractivity contribution in [1.82, 2.24) is 15.0 Å². The lowest BCUT2D eigenvalue weighted by Crippen LogP contribution is -2.24. The van der Waals surface area contributed by atoms with Gasteiger partial charge in [0.25, 0.3) is 0 Å². The van der Waals surface area contributed by atoms with Crippen LogP contribution in [0, 0.1) is 5.92 Å². The van der Waals surface area contributed by atoms with Crippen molar-refractivity contribution in [2.45, 2.75) is 25.2 Å². The molecule has 0 saturated carbocycles. The second-order valence-corrected chi connectivity index (χ2v) is 15.9. The second kappa shape index (κ2) is 11.5. The number of hydrogen-bond acceptors (Lipinski definition) is 4. The van der Waals surface area contributed by atoms with Crippen molar-refractivity contribution in [2.24, 2.45) is 5.92 Å². The van der Waals surface area contributed by atoms with E-state index in [1.165, 1.54) is 49.7 Å². The van der Waals surface area contributed by atoms with Crippen molar-refractivity contribution in [3.05, 3.63) is 175 Å². The van der Waals surface area contributed by atoms with Gasteiger partial charge in [-0.2, -0.15) is 0 Å². The lowest BCUT2D eigenvalue weighted by molar-refractivity contribution is 0.394. The van der Waals surface area contributed by atoms with Gasteiger partial charge in [0, 0.05) is 33.4 Å². The highest BCUT2D eigenvalue weighted by Gasteiger charge is 2.46. The molecule has 0 saturated heterocycles. The summed E-state index contributed by atoms with van der Waals surface area (Å²) >= 11 is 0. The zero-order valence-electron chi connectivity index (χ0n) is 31.0. The summed E-state index contributed by atoms with van der Waals surface area (Å²) in [6, 6.07) is 49.7. The molecular formula is C52H35N3O. The van der Waals surface area contributed by atoms with Gasteiger partial charge in [0.05, 0.1) is 0 Å². The molecule has 12 rings (SSSR count). The van der Waals surface area contributed by atoms with Crippen LogP contribution in [0.3, 0.4) is 0 Å². The molecule has 3 aliphatic rings. The zero-order valence-corrected chi connectivity index (χ0v) is 31.0. The number of benzene rings is 7. The van der Waals surface area contributed by atoms with E-state index in [0.29, 0.717) is 23.4 Å². The molecule has 0 bridgehead atoms. The summed E-state index contributed by atoms with van der Waals surface area (Å²) < 4.78 is 6.57. The van der Waals surface area contributed by atoms with Crippen molar-refractivity contribution in [2.75, 3.05) is 0 Å². The minimum absolute atomic E-state index is 0.0245. The SMILES string of the molecule is CC1(C)c2cccc(-c3nc(-c4ccccc4)nc(-c4cccc5oc6ccc(-c7ccc8c9c(cccc79)-c7ccccc7-8)cc6c45)n3)c2C2C=CC=CC21. The first-order chi connectivity index (χ1) is 27.5. The van der Waals surface area contributed by atoms with Gasteiger partial charge in [0.1, 0.15) is 11.2 Å². The average molecular weight is 718 g/mol. The molecule has 0 N–H and O–H groups in total. The van der Waals surface area contributed by atoms with Crippen LogP contribution in [0.2, 0.25) is 0 Å². The summed E-state index contributed by atoms with van der Waals surface area (Å²) in [5, 5.41) is 4.60. The molecule has 7 aromatic carbocycles. The maximum atomic E-state index is 6.57. The third-order valence-electron chi connectivity index (χ3n) is 12.6. The van der Waals surface area contributed by atoms with Gasteiger partial charge < -0.3 is 4.42 Å². The lowest BCUT2D eigenvalue weighted by atomic mass is 9.74. The third kappa shape index (κ3) is 4.38. The first-order valence-corrected chi connectivity index (χ1v) is 19.4. The van der Waals surface area contributed by atoms with E-state index in [4.69, 9.17) is 19.4 Å². The fourth-order valence-electron chi connectivity index (χ4n) is 10.0. The van der Waals surface area contributed by atoms with Gasteiger partial charge in [-0.25, -0.2) is 15.0 Å². The van der Waals surface area contributed by atoms with Crippen LogP contribution >= 0.6 is 0 Å². The number of nitrogens with zero attached hydrogens (tertiary/aromatic N) is 3. The predicted molar refractivity (Wildman–Crippen MR) is 228 cm³/mol. The predicted octanol–water partition coefficient (Wildman–Crippen LogP) is 13.4. The number of fused-ring (bicyclic) bond motifs is 9. The van der Waals surface area contributed by atoms with Crippen LogP contribution < -0.4 is 0 Å². The van der Waals surface area contributed by atoms with Crippen molar-refractivity contribution < 1.29 is 4.42 Å². The Morgan fingerprint density at radius 2 is 1.12 bits per heavy atom. The Labute approximate surface area is 324 Å². The highest BCUT2D eigenvalue weighted by atomic mass is 16.3. The molecule has 0 aliphatic heterocycles. The van der Waals surface area contributed by atoms with Gasteiger partial charge in [-0.3, -0.25) is 0 Å². The molecule has 2 unspecified atom stereocenters. The van der Waals surface area contributed by atoms with E-state index in [1.54, 1.807) is 0 Å². The van der Waals surface area contributed by atoms with Crippen LogP contribution in [0.25, 0.3) is 100 Å². The summed E-state index contributed by atoms with van der Waals surface area (Å²) in [6.07, 6.45) is 9.08. The maximum Gasteiger partial charge on any atom is 0.164 e. The first kappa shape index (κ1) is 31.4. The van der Waals surface area contributed by atoms with E-state index in [1.807, 2.05) is 30.3 Å². The number of aromatic nitrogens is 3. The van der Waals surface area contributed by atoms with E-state index >= 15 is 0 Å². The van der Waals surface area contributed by atoms with Crippen LogP contribution in [-0.2, 0) is 5.41 Å². The van der Waals surface area contributed by atoms with E-state index in [2.05, 4.69) is 147 Å². The van der Waals surface area contributed by atoms with Crippen molar-refractivity contribution in [3.8, 4) is 67.5 Å². The maximum absolute atomic E-state index is 6.57. The molecule has 2 aromatic heterocycles. The molecule has 0 spiro atoms. The normalized spacial score (nSPS) is 17.1. The smallest absolute Gasteiger partial charge is 0.164 e. The number of hydrogen-bond donors (Lipinski definition) is 0. The molecule has 4 nitrogen and oxygen atoms in total. The van der Waals surface area contributed by atoms with Gasteiger partial charge in [-0.1, -0.05) is 159 Å². The monoisotopic (exact) mass is 717 g/mol. The first-order valence-electron chi connectivity index (χ1n) is 19.4. The molecule has 0 radical (unpaired) electrons. The van der Waals surface area contributed by atoms with E-state index < -0.39 is 0 Å². The Morgan fingerprint density at radius 3 is 1.98 bits per heavy atom. The number of rotatable bonds is 4. The van der Waals surface area contributed by atoms with Gasteiger partial charge in [-0.15, -0.1) is 0 Å². The highest BCUT2D eigenvalue weighted by Crippen LogP contribution is 2.55. The quantitative estimate of drug-likeness (QED) is 0.182. The molecule has 56 heavy (non-hydrogen) atoms. The van der Waals surface area contributed by atoms with Gasteiger partial charge in [0.2, 0.25) is 0 Å². The Morgan fingerprint density at radius 1 is 0.464 bits per heavy atom. The highest BCUT2D eigenvalue weighted by molar-refractivity contribution is 6.19. The molecule has 3 aliphatic carbocycles. The lowest BCUT2D eigenvalue weighted by Gasteiger charge is -2.29. The van der Waals surface area contributed by atoms with Crippen LogP contribution in [-0.4, -0.2) is 15.0 Å².